The number of rotatable bonds is 3. The molecule has 1 heterocycles. The van der Waals surface area contributed by atoms with Crippen LogP contribution in [0.1, 0.15) is 34.1 Å². The molecule has 23 heavy (non-hydrogen) atoms. The van der Waals surface area contributed by atoms with Gasteiger partial charge in [0.25, 0.3) is 5.91 Å². The molecule has 120 valence electrons. The van der Waals surface area contributed by atoms with E-state index in [2.05, 4.69) is 5.32 Å². The van der Waals surface area contributed by atoms with E-state index in [1.54, 1.807) is 6.07 Å². The third kappa shape index (κ3) is 2.92. The summed E-state index contributed by atoms with van der Waals surface area (Å²) in [5.74, 6) is -1.39. The average molecular weight is 333 g/mol. The lowest BCUT2D eigenvalue weighted by atomic mass is 9.90. The molecule has 2 aromatic rings. The Morgan fingerprint density at radius 1 is 1.43 bits per heavy atom. The summed E-state index contributed by atoms with van der Waals surface area (Å²) < 4.78 is 13.3. The van der Waals surface area contributed by atoms with Gasteiger partial charge in [-0.05, 0) is 48.9 Å². The summed E-state index contributed by atoms with van der Waals surface area (Å²) in [7, 11) is 0. The highest BCUT2D eigenvalue weighted by Gasteiger charge is 2.37. The molecule has 0 spiro atoms. The Morgan fingerprint density at radius 3 is 2.96 bits per heavy atom. The monoisotopic (exact) mass is 333 g/mol. The van der Waals surface area contributed by atoms with E-state index in [1.807, 2.05) is 5.38 Å². The Hall–Kier alpha value is -2.05. The first kappa shape index (κ1) is 15.8. The fraction of sp³-hybridized carbons (Fsp3) is 0.294. The Morgan fingerprint density at radius 2 is 2.22 bits per heavy atom. The van der Waals surface area contributed by atoms with Crippen LogP contribution in [0.15, 0.2) is 35.7 Å². The van der Waals surface area contributed by atoms with Gasteiger partial charge < -0.3 is 10.4 Å². The second-order valence-corrected chi connectivity index (χ2v) is 6.77. The van der Waals surface area contributed by atoms with Crippen molar-refractivity contribution in [2.24, 2.45) is 0 Å². The molecule has 1 aliphatic rings. The van der Waals surface area contributed by atoms with Crippen LogP contribution in [0, 0.1) is 5.82 Å². The minimum atomic E-state index is -1.91. The van der Waals surface area contributed by atoms with E-state index < -0.39 is 23.4 Å². The van der Waals surface area contributed by atoms with Gasteiger partial charge in [0.15, 0.2) is 11.4 Å². The predicted octanol–water partition coefficient (Wildman–Crippen LogP) is 2.41. The molecular weight excluding hydrogens is 317 g/mol. The zero-order valence-electron chi connectivity index (χ0n) is 12.5. The average Bonchev–Trinajstić information content (AvgIpc) is 2.99. The van der Waals surface area contributed by atoms with Crippen LogP contribution >= 0.6 is 11.3 Å². The second-order valence-electron chi connectivity index (χ2n) is 5.77. The predicted molar refractivity (Wildman–Crippen MR) is 84.9 cm³/mol. The number of carbonyl (C=O) groups is 2. The maximum absolute atomic E-state index is 13.3. The molecular formula is C17H16FNO3S. The van der Waals surface area contributed by atoms with Crippen LogP contribution < -0.4 is 5.32 Å². The molecule has 0 aliphatic heterocycles. The number of fused-ring (bicyclic) bond motifs is 1. The van der Waals surface area contributed by atoms with Crippen molar-refractivity contribution in [2.75, 3.05) is 0 Å². The first-order chi connectivity index (χ1) is 10.9. The highest BCUT2D eigenvalue weighted by atomic mass is 32.1. The van der Waals surface area contributed by atoms with Crippen molar-refractivity contribution in [1.29, 1.82) is 0 Å². The SMILES string of the molecule is CC(O)(C(=O)NC1CCc2sccc2C1=O)c1cccc(F)c1. The summed E-state index contributed by atoms with van der Waals surface area (Å²) in [6.45, 7) is 1.29. The van der Waals surface area contributed by atoms with Gasteiger partial charge in [0.05, 0.1) is 6.04 Å². The Labute approximate surface area is 137 Å². The van der Waals surface area contributed by atoms with Gasteiger partial charge in [0.2, 0.25) is 0 Å². The summed E-state index contributed by atoms with van der Waals surface area (Å²) in [5.41, 5.74) is -1.12. The van der Waals surface area contributed by atoms with Gasteiger partial charge in [0, 0.05) is 10.4 Å². The van der Waals surface area contributed by atoms with E-state index in [1.165, 1.54) is 36.5 Å². The molecule has 0 fully saturated rings. The lowest BCUT2D eigenvalue weighted by Gasteiger charge is -2.28. The Bertz CT molecular complexity index is 769. The zero-order valence-corrected chi connectivity index (χ0v) is 13.3. The quantitative estimate of drug-likeness (QED) is 0.906. The molecule has 6 heteroatoms. The molecule has 0 radical (unpaired) electrons. The minimum Gasteiger partial charge on any atom is -0.376 e. The van der Waals surface area contributed by atoms with Gasteiger partial charge in [-0.3, -0.25) is 9.59 Å². The first-order valence-electron chi connectivity index (χ1n) is 7.29. The maximum atomic E-state index is 13.3. The van der Waals surface area contributed by atoms with Gasteiger partial charge >= 0.3 is 0 Å². The molecule has 2 unspecified atom stereocenters. The molecule has 1 aliphatic carbocycles. The second kappa shape index (κ2) is 5.86. The van der Waals surface area contributed by atoms with Crippen molar-refractivity contribution in [1.82, 2.24) is 5.32 Å². The summed E-state index contributed by atoms with van der Waals surface area (Å²) >= 11 is 1.53. The van der Waals surface area contributed by atoms with Crippen molar-refractivity contribution >= 4 is 23.0 Å². The maximum Gasteiger partial charge on any atom is 0.256 e. The third-order valence-corrected chi connectivity index (χ3v) is 5.10. The fourth-order valence-electron chi connectivity index (χ4n) is 2.71. The number of benzene rings is 1. The summed E-state index contributed by atoms with van der Waals surface area (Å²) in [6, 6.07) is 6.34. The molecule has 2 atom stereocenters. The van der Waals surface area contributed by atoms with E-state index in [0.717, 1.165) is 10.9 Å². The first-order valence-corrected chi connectivity index (χ1v) is 8.17. The summed E-state index contributed by atoms with van der Waals surface area (Å²) in [5, 5.41) is 14.9. The molecule has 1 amide bonds. The summed E-state index contributed by atoms with van der Waals surface area (Å²) in [6.07, 6.45) is 1.21. The van der Waals surface area contributed by atoms with E-state index in [0.29, 0.717) is 18.4 Å². The number of aliphatic hydroxyl groups is 1. The van der Waals surface area contributed by atoms with E-state index in [4.69, 9.17) is 0 Å². The highest BCUT2D eigenvalue weighted by molar-refractivity contribution is 7.10. The smallest absolute Gasteiger partial charge is 0.256 e. The van der Waals surface area contributed by atoms with Crippen molar-refractivity contribution in [3.05, 3.63) is 57.5 Å². The number of ketones is 1. The zero-order chi connectivity index (χ0) is 16.6. The fourth-order valence-corrected chi connectivity index (χ4v) is 3.61. The number of halogens is 1. The van der Waals surface area contributed by atoms with Gasteiger partial charge in [-0.2, -0.15) is 0 Å². The molecule has 3 rings (SSSR count). The van der Waals surface area contributed by atoms with E-state index in [-0.39, 0.29) is 11.3 Å². The van der Waals surface area contributed by atoms with Crippen LogP contribution in [0.5, 0.6) is 0 Å². The van der Waals surface area contributed by atoms with Gasteiger partial charge in [-0.1, -0.05) is 12.1 Å². The van der Waals surface area contributed by atoms with E-state index in [9.17, 15) is 19.1 Å². The van der Waals surface area contributed by atoms with Crippen LogP contribution in [0.25, 0.3) is 0 Å². The van der Waals surface area contributed by atoms with Gasteiger partial charge in [-0.25, -0.2) is 4.39 Å². The largest absolute Gasteiger partial charge is 0.376 e. The number of Topliss-reactive ketones (excluding diaryl/α,β-unsaturated/α-hetero) is 1. The lowest BCUT2D eigenvalue weighted by molar-refractivity contribution is -0.139. The molecule has 0 bridgehead atoms. The van der Waals surface area contributed by atoms with Crippen LogP contribution in [0.4, 0.5) is 4.39 Å². The molecule has 1 aromatic heterocycles. The molecule has 0 saturated heterocycles. The number of amides is 1. The Balaban J connectivity index is 1.78. The molecule has 2 N–H and O–H groups in total. The third-order valence-electron chi connectivity index (χ3n) is 4.12. The number of aryl methyl sites for hydroxylation is 1. The number of hydrogen-bond donors (Lipinski definition) is 2. The van der Waals surface area contributed by atoms with Crippen LogP contribution in [-0.2, 0) is 16.8 Å². The minimum absolute atomic E-state index is 0.143. The Kier molecular flexibility index (Phi) is 4.04. The van der Waals surface area contributed by atoms with Crippen LogP contribution in [0.2, 0.25) is 0 Å². The van der Waals surface area contributed by atoms with Crippen molar-refractivity contribution in [3.63, 3.8) is 0 Å². The van der Waals surface area contributed by atoms with Gasteiger partial charge in [-0.15, -0.1) is 11.3 Å². The summed E-state index contributed by atoms with van der Waals surface area (Å²) in [4.78, 5) is 25.8. The molecule has 0 saturated carbocycles. The van der Waals surface area contributed by atoms with Crippen LogP contribution in [0.3, 0.4) is 0 Å². The van der Waals surface area contributed by atoms with Crippen LogP contribution in [-0.4, -0.2) is 22.8 Å². The topological polar surface area (TPSA) is 66.4 Å². The van der Waals surface area contributed by atoms with Crippen molar-refractivity contribution in [3.8, 4) is 0 Å². The molecule has 4 nitrogen and oxygen atoms in total. The highest BCUT2D eigenvalue weighted by Crippen LogP contribution is 2.27. The van der Waals surface area contributed by atoms with E-state index >= 15 is 0 Å². The normalized spacial score (nSPS) is 19.8. The van der Waals surface area contributed by atoms with Crippen molar-refractivity contribution < 1.29 is 19.1 Å². The number of carbonyl (C=O) groups excluding carboxylic acids is 2. The van der Waals surface area contributed by atoms with Crippen molar-refractivity contribution in [2.45, 2.75) is 31.4 Å². The lowest BCUT2D eigenvalue weighted by Crippen LogP contribution is -2.50. The number of thiophene rings is 1. The van der Waals surface area contributed by atoms with Gasteiger partial charge in [0.1, 0.15) is 5.82 Å². The number of nitrogens with one attached hydrogen (secondary N) is 1. The standard InChI is InChI=1S/C17H16FNO3S/c1-17(22,10-3-2-4-11(18)9-10)16(21)19-13-5-6-14-12(15(13)20)7-8-23-14/h2-4,7-9,13,22H,5-6H2,1H3,(H,19,21). The molecule has 1 aromatic carbocycles. The number of hydrogen-bond acceptors (Lipinski definition) is 4.